The second kappa shape index (κ2) is 9.68. The molecule has 0 spiro atoms. The first-order valence-corrected chi connectivity index (χ1v) is 12.5. The Balaban J connectivity index is 1.21. The summed E-state index contributed by atoms with van der Waals surface area (Å²) in [7, 11) is 5.74. The smallest absolute Gasteiger partial charge is 0.257 e. The zero-order chi connectivity index (χ0) is 26.2. The van der Waals surface area contributed by atoms with Gasteiger partial charge < -0.3 is 30.5 Å². The van der Waals surface area contributed by atoms with Crippen LogP contribution in [0.5, 0.6) is 5.75 Å². The van der Waals surface area contributed by atoms with E-state index >= 15 is 0 Å². The maximum absolute atomic E-state index is 12.7. The van der Waals surface area contributed by atoms with Gasteiger partial charge in [-0.05, 0) is 73.1 Å². The van der Waals surface area contributed by atoms with Crippen molar-refractivity contribution >= 4 is 46.1 Å². The highest BCUT2D eigenvalue weighted by Crippen LogP contribution is 2.36. The van der Waals surface area contributed by atoms with E-state index in [9.17, 15) is 4.79 Å². The van der Waals surface area contributed by atoms with Crippen molar-refractivity contribution in [2.24, 2.45) is 0 Å². The summed E-state index contributed by atoms with van der Waals surface area (Å²) in [5.74, 6) is 1.71. The maximum atomic E-state index is 12.7. The van der Waals surface area contributed by atoms with Crippen LogP contribution in [0.2, 0.25) is 0 Å². The summed E-state index contributed by atoms with van der Waals surface area (Å²) in [6.07, 6.45) is 2.66. The Kier molecular flexibility index (Phi) is 6.05. The molecule has 38 heavy (non-hydrogen) atoms. The predicted octanol–water partition coefficient (Wildman–Crippen LogP) is 5.29. The molecule has 1 aromatic heterocycles. The molecule has 0 fully saturated rings. The van der Waals surface area contributed by atoms with Gasteiger partial charge in [0.05, 0.1) is 30.2 Å². The normalized spacial score (nSPS) is 14.5. The van der Waals surface area contributed by atoms with E-state index in [0.717, 1.165) is 48.0 Å². The topological polar surface area (TPSA) is 94.6 Å². The Hall–Kier alpha value is -4.63. The number of carbonyl (C=O) groups is 1. The first-order valence-electron chi connectivity index (χ1n) is 12.5. The molecule has 2 aliphatic rings. The van der Waals surface area contributed by atoms with E-state index < -0.39 is 0 Å². The Bertz CT molecular complexity index is 1520. The number of anilines is 7. The standard InChI is InChI=1S/C29H29N7O2/c1-35-13-12-18-15-26(38-3)23(14-19(18)17-35)31-20-8-10-21(11-9-20)32-29-30-16-24-27(34-29)36(2)25-7-5-4-6-22(25)28(37)33-24/h4-11,14-16,31H,12-13,17H2,1-3H3,(H,33,37)(H,30,32,34). The molecular weight excluding hydrogens is 478 g/mol. The molecule has 1 amide bonds. The number of fused-ring (bicyclic) bond motifs is 3. The van der Waals surface area contributed by atoms with Gasteiger partial charge in [0.1, 0.15) is 11.4 Å². The van der Waals surface area contributed by atoms with Gasteiger partial charge in [-0.15, -0.1) is 0 Å². The van der Waals surface area contributed by atoms with Crippen LogP contribution < -0.4 is 25.6 Å². The molecule has 3 heterocycles. The lowest BCUT2D eigenvalue weighted by Gasteiger charge is -2.26. The highest BCUT2D eigenvalue weighted by molar-refractivity contribution is 6.11. The van der Waals surface area contributed by atoms with Crippen LogP contribution >= 0.6 is 0 Å². The van der Waals surface area contributed by atoms with Gasteiger partial charge in [-0.25, -0.2) is 4.98 Å². The van der Waals surface area contributed by atoms with Crippen molar-refractivity contribution < 1.29 is 9.53 Å². The highest BCUT2D eigenvalue weighted by atomic mass is 16.5. The van der Waals surface area contributed by atoms with Crippen LogP contribution in [-0.4, -0.2) is 48.5 Å². The molecule has 0 radical (unpaired) electrons. The Morgan fingerprint density at radius 1 is 0.974 bits per heavy atom. The van der Waals surface area contributed by atoms with E-state index in [1.165, 1.54) is 11.1 Å². The fourth-order valence-electron chi connectivity index (χ4n) is 4.95. The fraction of sp³-hybridized carbons (Fsp3) is 0.207. The number of rotatable bonds is 5. The van der Waals surface area contributed by atoms with Crippen molar-refractivity contribution in [1.29, 1.82) is 0 Å². The van der Waals surface area contributed by atoms with Crippen LogP contribution in [0.3, 0.4) is 0 Å². The average Bonchev–Trinajstić information content (AvgIpc) is 3.03. The number of carbonyl (C=O) groups excluding carboxylic acids is 1. The minimum absolute atomic E-state index is 0.179. The van der Waals surface area contributed by atoms with Gasteiger partial charge in [0, 0.05) is 31.5 Å². The number of nitrogens with one attached hydrogen (secondary N) is 3. The second-order valence-electron chi connectivity index (χ2n) is 9.60. The Labute approximate surface area is 221 Å². The summed E-state index contributed by atoms with van der Waals surface area (Å²) >= 11 is 0. The molecule has 0 aliphatic carbocycles. The molecule has 9 nitrogen and oxygen atoms in total. The molecule has 0 saturated carbocycles. The lowest BCUT2D eigenvalue weighted by atomic mass is 9.98. The number of amides is 1. The SMILES string of the molecule is COc1cc2c(cc1Nc1ccc(Nc3ncc4c(n3)N(C)c3ccccc3C(=O)N4)cc1)CN(C)CC2. The number of benzene rings is 3. The van der Waals surface area contributed by atoms with Crippen LogP contribution in [0.25, 0.3) is 0 Å². The molecule has 0 unspecified atom stereocenters. The summed E-state index contributed by atoms with van der Waals surface area (Å²) < 4.78 is 5.67. The average molecular weight is 508 g/mol. The molecule has 192 valence electrons. The highest BCUT2D eigenvalue weighted by Gasteiger charge is 2.24. The third kappa shape index (κ3) is 4.48. The molecule has 0 atom stereocenters. The van der Waals surface area contributed by atoms with Crippen molar-refractivity contribution in [2.45, 2.75) is 13.0 Å². The van der Waals surface area contributed by atoms with Crippen molar-refractivity contribution in [1.82, 2.24) is 14.9 Å². The largest absolute Gasteiger partial charge is 0.495 e. The third-order valence-electron chi connectivity index (χ3n) is 6.99. The van der Waals surface area contributed by atoms with Gasteiger partial charge in [0.15, 0.2) is 5.82 Å². The lowest BCUT2D eigenvalue weighted by Crippen LogP contribution is -2.26. The maximum Gasteiger partial charge on any atom is 0.257 e. The van der Waals surface area contributed by atoms with Crippen molar-refractivity contribution in [2.75, 3.05) is 48.6 Å². The molecule has 3 aromatic carbocycles. The van der Waals surface area contributed by atoms with Crippen LogP contribution in [-0.2, 0) is 13.0 Å². The van der Waals surface area contributed by atoms with Crippen molar-refractivity contribution in [3.05, 3.63) is 83.6 Å². The number of aromatic nitrogens is 2. The van der Waals surface area contributed by atoms with Crippen LogP contribution in [0.1, 0.15) is 21.5 Å². The van der Waals surface area contributed by atoms with Crippen LogP contribution in [0.15, 0.2) is 66.9 Å². The Morgan fingerprint density at radius 2 is 1.74 bits per heavy atom. The van der Waals surface area contributed by atoms with Crippen molar-refractivity contribution in [3.8, 4) is 5.75 Å². The lowest BCUT2D eigenvalue weighted by molar-refractivity contribution is 0.102. The summed E-state index contributed by atoms with van der Waals surface area (Å²) in [6, 6.07) is 19.7. The van der Waals surface area contributed by atoms with E-state index in [-0.39, 0.29) is 5.91 Å². The van der Waals surface area contributed by atoms with Crippen molar-refractivity contribution in [3.63, 3.8) is 0 Å². The van der Waals surface area contributed by atoms with Gasteiger partial charge >= 0.3 is 0 Å². The van der Waals surface area contributed by atoms with Gasteiger partial charge in [-0.3, -0.25) is 4.79 Å². The second-order valence-corrected chi connectivity index (χ2v) is 9.60. The number of likely N-dealkylation sites (N-methyl/N-ethyl adjacent to an activating group) is 1. The third-order valence-corrected chi connectivity index (χ3v) is 6.99. The van der Waals surface area contributed by atoms with E-state index in [1.54, 1.807) is 19.4 Å². The first kappa shape index (κ1) is 23.7. The van der Waals surface area contributed by atoms with Gasteiger partial charge in [-0.2, -0.15) is 4.98 Å². The molecule has 3 N–H and O–H groups in total. The quantitative estimate of drug-likeness (QED) is 0.335. The van der Waals surface area contributed by atoms with Gasteiger partial charge in [0.25, 0.3) is 5.91 Å². The first-order chi connectivity index (χ1) is 18.5. The molecule has 2 aliphatic heterocycles. The van der Waals surface area contributed by atoms with E-state index in [1.807, 2.05) is 54.4 Å². The fourth-order valence-corrected chi connectivity index (χ4v) is 4.95. The zero-order valence-electron chi connectivity index (χ0n) is 21.6. The Morgan fingerprint density at radius 3 is 2.53 bits per heavy atom. The number of methoxy groups -OCH3 is 1. The minimum atomic E-state index is -0.179. The number of para-hydroxylation sites is 1. The number of nitrogens with zero attached hydrogens (tertiary/aromatic N) is 4. The number of hydrogen-bond donors (Lipinski definition) is 3. The molecule has 4 aromatic rings. The zero-order valence-corrected chi connectivity index (χ0v) is 21.6. The predicted molar refractivity (Wildman–Crippen MR) is 151 cm³/mol. The van der Waals surface area contributed by atoms with Gasteiger partial charge in [0.2, 0.25) is 5.95 Å². The molecular formula is C29H29N7O2. The van der Waals surface area contributed by atoms with E-state index in [4.69, 9.17) is 9.72 Å². The van der Waals surface area contributed by atoms with Gasteiger partial charge in [-0.1, -0.05) is 12.1 Å². The van der Waals surface area contributed by atoms with Crippen LogP contribution in [0.4, 0.5) is 40.2 Å². The number of hydrogen-bond acceptors (Lipinski definition) is 8. The van der Waals surface area contributed by atoms with Crippen LogP contribution in [0, 0.1) is 0 Å². The molecule has 0 bridgehead atoms. The number of ether oxygens (including phenoxy) is 1. The van der Waals surface area contributed by atoms with E-state index in [0.29, 0.717) is 23.0 Å². The minimum Gasteiger partial charge on any atom is -0.495 e. The van der Waals surface area contributed by atoms with E-state index in [2.05, 4.69) is 45.0 Å². The monoisotopic (exact) mass is 507 g/mol. The summed E-state index contributed by atoms with van der Waals surface area (Å²) in [4.78, 5) is 26.0. The summed E-state index contributed by atoms with van der Waals surface area (Å²) in [5.41, 5.74) is 7.34. The molecule has 0 saturated heterocycles. The molecule has 6 rings (SSSR count). The summed E-state index contributed by atoms with van der Waals surface area (Å²) in [6.45, 7) is 1.99. The molecule has 9 heteroatoms. The summed E-state index contributed by atoms with van der Waals surface area (Å²) in [5, 5.41) is 9.67.